The molecule has 0 spiro atoms. The summed E-state index contributed by atoms with van der Waals surface area (Å²) in [5.41, 5.74) is 0.875. The molecule has 3 heterocycles. The smallest absolute Gasteiger partial charge is 0.309 e. The molecule has 3 aromatic rings. The van der Waals surface area contributed by atoms with Crippen molar-refractivity contribution in [2.45, 2.75) is 13.0 Å². The Hall–Kier alpha value is -2.29. The number of rotatable bonds is 4. The number of carboxylic acid groups (broad SMARTS) is 1. The topological polar surface area (TPSA) is 89.2 Å². The second-order valence-electron chi connectivity index (χ2n) is 4.40. The first-order valence-corrected chi connectivity index (χ1v) is 6.09. The summed E-state index contributed by atoms with van der Waals surface area (Å²) in [7, 11) is 1.80. The van der Waals surface area contributed by atoms with Crippen molar-refractivity contribution in [2.24, 2.45) is 7.05 Å². The predicted molar refractivity (Wildman–Crippen MR) is 67.6 cm³/mol. The highest BCUT2D eigenvalue weighted by atomic mass is 79.9. The van der Waals surface area contributed by atoms with Gasteiger partial charge in [0.1, 0.15) is 12.7 Å². The fourth-order valence-electron chi connectivity index (χ4n) is 1.89. The number of fused-ring (bicyclic) bond motifs is 1. The lowest BCUT2D eigenvalue weighted by Gasteiger charge is -1.96. The third kappa shape index (κ3) is 3.07. The molecule has 0 aliphatic carbocycles. The molecule has 110 valence electrons. The molecule has 0 bridgehead atoms. The molecule has 21 heavy (non-hydrogen) atoms. The maximum Gasteiger partial charge on any atom is 0.309 e. The van der Waals surface area contributed by atoms with Crippen LogP contribution in [0.15, 0.2) is 30.9 Å². The summed E-state index contributed by atoms with van der Waals surface area (Å²) in [5, 5.41) is 17.0. The lowest BCUT2D eigenvalue weighted by Crippen LogP contribution is -3.00. The third-order valence-electron chi connectivity index (χ3n) is 2.97. The molecule has 0 saturated heterocycles. The molecule has 3 aromatic heterocycles. The van der Waals surface area contributed by atoms with Gasteiger partial charge in [-0.2, -0.15) is 14.6 Å². The van der Waals surface area contributed by atoms with Crippen LogP contribution in [-0.2, 0) is 18.4 Å². The zero-order valence-electron chi connectivity index (χ0n) is 11.2. The van der Waals surface area contributed by atoms with Gasteiger partial charge in [-0.1, -0.05) is 0 Å². The van der Waals surface area contributed by atoms with E-state index in [2.05, 4.69) is 15.2 Å². The Morgan fingerprint density at radius 3 is 2.71 bits per heavy atom. The van der Waals surface area contributed by atoms with Crippen molar-refractivity contribution >= 4 is 11.7 Å². The molecule has 0 radical (unpaired) electrons. The van der Waals surface area contributed by atoms with E-state index in [0.717, 1.165) is 5.56 Å². The van der Waals surface area contributed by atoms with Gasteiger partial charge in [-0.15, -0.1) is 5.10 Å². The second-order valence-corrected chi connectivity index (χ2v) is 4.40. The van der Waals surface area contributed by atoms with Crippen molar-refractivity contribution in [1.82, 2.24) is 24.4 Å². The van der Waals surface area contributed by atoms with Gasteiger partial charge in [0.05, 0.1) is 0 Å². The molecule has 3 rings (SSSR count). The molecule has 0 saturated carbocycles. The fraction of sp³-hybridized carbons (Fsp3) is 0.250. The summed E-state index contributed by atoms with van der Waals surface area (Å²) in [5.74, 6) is 0.474. The van der Waals surface area contributed by atoms with E-state index in [1.165, 1.54) is 0 Å². The second kappa shape index (κ2) is 6.00. The molecule has 0 amide bonds. The summed E-state index contributed by atoms with van der Waals surface area (Å²) in [6.45, 7) is 0.443. The molecule has 1 N–H and O–H groups in total. The Bertz CT molecular complexity index is 764. The molecule has 0 atom stereocenters. The van der Waals surface area contributed by atoms with E-state index < -0.39 is 5.97 Å². The molecule has 0 aliphatic heterocycles. The minimum absolute atomic E-state index is 0. The maximum atomic E-state index is 10.5. The monoisotopic (exact) mass is 352 g/mol. The lowest BCUT2D eigenvalue weighted by atomic mass is 10.2. The minimum atomic E-state index is -0.809. The van der Waals surface area contributed by atoms with Gasteiger partial charge >= 0.3 is 5.97 Å². The summed E-state index contributed by atoms with van der Waals surface area (Å²) in [6, 6.07) is 3.73. The summed E-state index contributed by atoms with van der Waals surface area (Å²) >= 11 is 0. The minimum Gasteiger partial charge on any atom is -1.00 e. The number of hydrogen-bond donors (Lipinski definition) is 1. The Morgan fingerprint density at radius 2 is 2.10 bits per heavy atom. The van der Waals surface area contributed by atoms with Crippen molar-refractivity contribution in [2.75, 3.05) is 0 Å². The van der Waals surface area contributed by atoms with Gasteiger partial charge in [0.2, 0.25) is 0 Å². The number of aliphatic carboxylic acids is 1. The first-order valence-electron chi connectivity index (χ1n) is 6.09. The molecule has 0 aliphatic rings. The summed E-state index contributed by atoms with van der Waals surface area (Å²) in [6.07, 6.45) is 5.34. The Morgan fingerprint density at radius 1 is 1.38 bits per heavy atom. The maximum absolute atomic E-state index is 10.5. The van der Waals surface area contributed by atoms with Gasteiger partial charge in [-0.3, -0.25) is 4.79 Å². The molecule has 8 nitrogen and oxygen atoms in total. The van der Waals surface area contributed by atoms with Gasteiger partial charge < -0.3 is 22.1 Å². The van der Waals surface area contributed by atoms with E-state index in [9.17, 15) is 4.79 Å². The normalized spacial score (nSPS) is 10.5. The van der Waals surface area contributed by atoms with Crippen molar-refractivity contribution in [3.63, 3.8) is 0 Å². The number of pyridine rings is 1. The van der Waals surface area contributed by atoms with E-state index in [4.69, 9.17) is 5.11 Å². The van der Waals surface area contributed by atoms with Crippen LogP contribution < -0.4 is 21.5 Å². The molecular formula is C12H13BrN6O2. The van der Waals surface area contributed by atoms with Crippen LogP contribution >= 0.6 is 0 Å². The molecule has 0 aromatic carbocycles. The first kappa shape index (κ1) is 15.1. The van der Waals surface area contributed by atoms with Crippen LogP contribution in [0.5, 0.6) is 0 Å². The zero-order valence-corrected chi connectivity index (χ0v) is 12.8. The van der Waals surface area contributed by atoms with Crippen molar-refractivity contribution in [1.29, 1.82) is 0 Å². The van der Waals surface area contributed by atoms with Crippen LogP contribution in [0.1, 0.15) is 6.42 Å². The summed E-state index contributed by atoms with van der Waals surface area (Å²) in [4.78, 5) is 14.9. The van der Waals surface area contributed by atoms with Gasteiger partial charge in [0, 0.05) is 24.7 Å². The van der Waals surface area contributed by atoms with E-state index in [1.807, 2.05) is 29.1 Å². The van der Waals surface area contributed by atoms with E-state index in [-0.39, 0.29) is 23.4 Å². The van der Waals surface area contributed by atoms with Crippen LogP contribution in [0.25, 0.3) is 17.2 Å². The Kier molecular flexibility index (Phi) is 4.32. The quantitative estimate of drug-likeness (QED) is 0.502. The summed E-state index contributed by atoms with van der Waals surface area (Å²) < 4.78 is 5.07. The van der Waals surface area contributed by atoms with Crippen LogP contribution in [0, 0.1) is 0 Å². The number of carboxylic acids is 1. The van der Waals surface area contributed by atoms with Crippen molar-refractivity contribution in [3.05, 3.63) is 30.9 Å². The van der Waals surface area contributed by atoms with Gasteiger partial charge in [0.15, 0.2) is 24.8 Å². The lowest BCUT2D eigenvalue weighted by molar-refractivity contribution is -0.695. The highest BCUT2D eigenvalue weighted by Gasteiger charge is 2.11. The highest BCUT2D eigenvalue weighted by molar-refractivity contribution is 5.66. The average molecular weight is 353 g/mol. The first-order chi connectivity index (χ1) is 9.63. The molecular weight excluding hydrogens is 340 g/mol. The number of aryl methyl sites for hydroxylation is 2. The van der Waals surface area contributed by atoms with Crippen LogP contribution in [0.4, 0.5) is 0 Å². The number of carbonyl (C=O) groups is 1. The third-order valence-corrected chi connectivity index (χ3v) is 2.97. The van der Waals surface area contributed by atoms with Crippen LogP contribution in [-0.4, -0.2) is 35.5 Å². The average Bonchev–Trinajstić information content (AvgIpc) is 3.00. The van der Waals surface area contributed by atoms with Gasteiger partial charge in [-0.25, -0.2) is 9.25 Å². The van der Waals surface area contributed by atoms with Crippen LogP contribution in [0.3, 0.4) is 0 Å². The number of halogens is 1. The predicted octanol–water partition coefficient (Wildman–Crippen LogP) is -3.10. The molecule has 9 heteroatoms. The SMILES string of the molecule is Cn1ncn2nc(-c3cc[n+](CCC(=O)O)cc3)nc12.[Br-]. The fourth-order valence-corrected chi connectivity index (χ4v) is 1.89. The van der Waals surface area contributed by atoms with E-state index >= 15 is 0 Å². The number of hydrogen-bond acceptors (Lipinski definition) is 4. The number of nitrogens with zero attached hydrogens (tertiary/aromatic N) is 6. The molecule has 0 fully saturated rings. The van der Waals surface area contributed by atoms with Gasteiger partial charge in [0.25, 0.3) is 5.78 Å². The van der Waals surface area contributed by atoms with Crippen molar-refractivity contribution in [3.8, 4) is 11.4 Å². The Labute approximate surface area is 130 Å². The highest BCUT2D eigenvalue weighted by Crippen LogP contribution is 2.13. The molecule has 0 unspecified atom stereocenters. The Balaban J connectivity index is 0.00000161. The van der Waals surface area contributed by atoms with Crippen molar-refractivity contribution < 1.29 is 31.4 Å². The van der Waals surface area contributed by atoms with Crippen LogP contribution in [0.2, 0.25) is 0 Å². The van der Waals surface area contributed by atoms with E-state index in [0.29, 0.717) is 18.1 Å². The standard InChI is InChI=1S/C12H12N6O2.BrH/c1-16-12-14-11(15-18(12)8-13-16)9-2-5-17(6-3-9)7-4-10(19)20;/h2-3,5-6,8H,4,7H2,1H3;1H. The largest absolute Gasteiger partial charge is 1.00 e. The van der Waals surface area contributed by atoms with Gasteiger partial charge in [-0.05, 0) is 0 Å². The number of aromatic nitrogens is 6. The van der Waals surface area contributed by atoms with E-state index in [1.54, 1.807) is 22.6 Å². The zero-order chi connectivity index (χ0) is 14.1.